The molecule has 2 N–H and O–H groups in total. The van der Waals surface area contributed by atoms with Crippen molar-refractivity contribution < 1.29 is 9.59 Å². The molecule has 0 aliphatic rings. The Morgan fingerprint density at radius 1 is 1.00 bits per heavy atom. The van der Waals surface area contributed by atoms with Gasteiger partial charge in [-0.05, 0) is 38.1 Å². The molecule has 2 aromatic rings. The third kappa shape index (κ3) is 4.96. The minimum atomic E-state index is -0.416. The highest BCUT2D eigenvalue weighted by Gasteiger charge is 2.20. The molecule has 4 nitrogen and oxygen atoms in total. The lowest BCUT2D eigenvalue weighted by molar-refractivity contribution is -0.117. The summed E-state index contributed by atoms with van der Waals surface area (Å²) in [6.07, 6.45) is 1.43. The maximum absolute atomic E-state index is 12.7. The Hall–Kier alpha value is -2.59. The SMILES string of the molecule is CC(C)NC(=O)/C(=C\Nc1ccc(Cl)cc1)C(=O)c1ccccc1. The number of ketones is 1. The van der Waals surface area contributed by atoms with Crippen LogP contribution < -0.4 is 10.6 Å². The van der Waals surface area contributed by atoms with E-state index in [1.807, 2.05) is 19.9 Å². The van der Waals surface area contributed by atoms with Crippen molar-refractivity contribution in [3.8, 4) is 0 Å². The first-order valence-corrected chi connectivity index (χ1v) is 7.98. The molecule has 0 spiro atoms. The van der Waals surface area contributed by atoms with Crippen molar-refractivity contribution in [3.63, 3.8) is 0 Å². The molecule has 0 heterocycles. The lowest BCUT2D eigenvalue weighted by atomic mass is 10.0. The van der Waals surface area contributed by atoms with E-state index in [1.54, 1.807) is 48.5 Å². The summed E-state index contributed by atoms with van der Waals surface area (Å²) in [4.78, 5) is 25.0. The minimum absolute atomic E-state index is 0.0462. The molecule has 0 saturated carbocycles. The van der Waals surface area contributed by atoms with Crippen molar-refractivity contribution in [1.29, 1.82) is 0 Å². The van der Waals surface area contributed by atoms with Gasteiger partial charge in [0.1, 0.15) is 5.57 Å². The highest BCUT2D eigenvalue weighted by atomic mass is 35.5. The predicted octanol–water partition coefficient (Wildman–Crippen LogP) is 4.04. The van der Waals surface area contributed by atoms with E-state index >= 15 is 0 Å². The lowest BCUT2D eigenvalue weighted by Crippen LogP contribution is -2.34. The number of amides is 1. The number of halogens is 1. The molecule has 0 bridgehead atoms. The summed E-state index contributed by atoms with van der Waals surface area (Å²) in [6, 6.07) is 15.6. The predicted molar refractivity (Wildman–Crippen MR) is 97.2 cm³/mol. The van der Waals surface area contributed by atoms with Gasteiger partial charge in [0.05, 0.1) is 0 Å². The van der Waals surface area contributed by atoms with Gasteiger partial charge in [-0.15, -0.1) is 0 Å². The van der Waals surface area contributed by atoms with Crippen LogP contribution in [0.15, 0.2) is 66.4 Å². The van der Waals surface area contributed by atoms with Gasteiger partial charge >= 0.3 is 0 Å². The van der Waals surface area contributed by atoms with Gasteiger partial charge < -0.3 is 10.6 Å². The van der Waals surface area contributed by atoms with Crippen molar-refractivity contribution in [2.75, 3.05) is 5.32 Å². The Balaban J connectivity index is 2.28. The fourth-order valence-corrected chi connectivity index (χ4v) is 2.15. The molecule has 0 radical (unpaired) electrons. The molecule has 2 aromatic carbocycles. The van der Waals surface area contributed by atoms with Crippen LogP contribution in [0.3, 0.4) is 0 Å². The van der Waals surface area contributed by atoms with E-state index in [0.29, 0.717) is 10.6 Å². The number of carbonyl (C=O) groups excluding carboxylic acids is 2. The molecular weight excluding hydrogens is 324 g/mol. The molecule has 0 aliphatic heterocycles. The number of hydrogen-bond donors (Lipinski definition) is 2. The number of rotatable bonds is 6. The summed E-state index contributed by atoms with van der Waals surface area (Å²) >= 11 is 5.85. The molecule has 0 atom stereocenters. The fourth-order valence-electron chi connectivity index (χ4n) is 2.02. The highest BCUT2D eigenvalue weighted by Crippen LogP contribution is 2.15. The van der Waals surface area contributed by atoms with Crippen LogP contribution in [0.1, 0.15) is 24.2 Å². The van der Waals surface area contributed by atoms with Crippen LogP contribution in [0.2, 0.25) is 5.02 Å². The van der Waals surface area contributed by atoms with Crippen molar-refractivity contribution in [2.24, 2.45) is 0 Å². The maximum atomic E-state index is 12.7. The topological polar surface area (TPSA) is 58.2 Å². The highest BCUT2D eigenvalue weighted by molar-refractivity contribution is 6.30. The van der Waals surface area contributed by atoms with Crippen LogP contribution in [-0.4, -0.2) is 17.7 Å². The van der Waals surface area contributed by atoms with Crippen LogP contribution in [0, 0.1) is 0 Å². The Morgan fingerprint density at radius 2 is 1.62 bits per heavy atom. The number of carbonyl (C=O) groups is 2. The average molecular weight is 343 g/mol. The van der Waals surface area contributed by atoms with Crippen molar-refractivity contribution in [2.45, 2.75) is 19.9 Å². The van der Waals surface area contributed by atoms with Crippen molar-refractivity contribution in [1.82, 2.24) is 5.32 Å². The molecular formula is C19H19ClN2O2. The second-order valence-corrected chi connectivity index (χ2v) is 5.97. The minimum Gasteiger partial charge on any atom is -0.361 e. The molecule has 24 heavy (non-hydrogen) atoms. The normalized spacial score (nSPS) is 11.2. The van der Waals surface area contributed by atoms with Gasteiger partial charge in [-0.1, -0.05) is 41.9 Å². The molecule has 0 saturated heterocycles. The van der Waals surface area contributed by atoms with Crippen LogP contribution in [0.5, 0.6) is 0 Å². The standard InChI is InChI=1S/C19H19ClN2O2/c1-13(2)22-19(24)17(18(23)14-6-4-3-5-7-14)12-21-16-10-8-15(20)9-11-16/h3-13,21H,1-2H3,(H,22,24)/b17-12-. The first-order valence-electron chi connectivity index (χ1n) is 7.60. The molecule has 0 unspecified atom stereocenters. The quantitative estimate of drug-likeness (QED) is 0.360. The second-order valence-electron chi connectivity index (χ2n) is 5.53. The van der Waals surface area contributed by atoms with Gasteiger partial charge in [0.15, 0.2) is 5.78 Å². The maximum Gasteiger partial charge on any atom is 0.256 e. The Kier molecular flexibility index (Phi) is 6.15. The van der Waals surface area contributed by atoms with Crippen molar-refractivity contribution >= 4 is 29.0 Å². The molecule has 124 valence electrons. The summed E-state index contributed by atoms with van der Waals surface area (Å²) in [7, 11) is 0. The fraction of sp³-hybridized carbons (Fsp3) is 0.158. The van der Waals surface area contributed by atoms with Crippen LogP contribution in [0.4, 0.5) is 5.69 Å². The van der Waals surface area contributed by atoms with E-state index in [1.165, 1.54) is 6.20 Å². The first-order chi connectivity index (χ1) is 11.5. The lowest BCUT2D eigenvalue weighted by Gasteiger charge is -2.12. The van der Waals surface area contributed by atoms with Crippen molar-refractivity contribution in [3.05, 3.63) is 77.0 Å². The Bertz CT molecular complexity index is 738. The van der Waals surface area contributed by atoms with Gasteiger partial charge in [-0.2, -0.15) is 0 Å². The summed E-state index contributed by atoms with van der Waals surface area (Å²) in [5, 5.41) is 6.34. The summed E-state index contributed by atoms with van der Waals surface area (Å²) in [5.74, 6) is -0.754. The van der Waals surface area contributed by atoms with Gasteiger partial charge in [-0.25, -0.2) is 0 Å². The molecule has 2 rings (SSSR count). The monoisotopic (exact) mass is 342 g/mol. The molecule has 5 heteroatoms. The zero-order valence-electron chi connectivity index (χ0n) is 13.5. The zero-order chi connectivity index (χ0) is 17.5. The van der Waals surface area contributed by atoms with Gasteiger partial charge in [0.25, 0.3) is 5.91 Å². The number of Topliss-reactive ketones (excluding diaryl/α,β-unsaturated/α-hetero) is 1. The van der Waals surface area contributed by atoms with Crippen LogP contribution in [0.25, 0.3) is 0 Å². The van der Waals surface area contributed by atoms with E-state index < -0.39 is 5.91 Å². The van der Waals surface area contributed by atoms with E-state index in [0.717, 1.165) is 5.69 Å². The second kappa shape index (κ2) is 8.31. The first kappa shape index (κ1) is 17.8. The summed E-state index contributed by atoms with van der Waals surface area (Å²) < 4.78 is 0. The number of hydrogen-bond acceptors (Lipinski definition) is 3. The number of benzene rings is 2. The summed E-state index contributed by atoms with van der Waals surface area (Å²) in [6.45, 7) is 3.68. The zero-order valence-corrected chi connectivity index (χ0v) is 14.3. The average Bonchev–Trinajstić information content (AvgIpc) is 2.56. The Morgan fingerprint density at radius 3 is 2.21 bits per heavy atom. The van der Waals surface area contributed by atoms with E-state index in [-0.39, 0.29) is 17.4 Å². The van der Waals surface area contributed by atoms with Crippen LogP contribution in [-0.2, 0) is 4.79 Å². The number of anilines is 1. The van der Waals surface area contributed by atoms with Gasteiger partial charge in [-0.3, -0.25) is 9.59 Å². The molecule has 0 aromatic heterocycles. The molecule has 0 aliphatic carbocycles. The van der Waals surface area contributed by atoms with Gasteiger partial charge in [0, 0.05) is 28.5 Å². The van der Waals surface area contributed by atoms with E-state index in [2.05, 4.69) is 10.6 Å². The Labute approximate surface area is 146 Å². The number of nitrogens with one attached hydrogen (secondary N) is 2. The van der Waals surface area contributed by atoms with Gasteiger partial charge in [0.2, 0.25) is 0 Å². The van der Waals surface area contributed by atoms with E-state index in [9.17, 15) is 9.59 Å². The molecule has 0 fully saturated rings. The third-order valence-electron chi connectivity index (χ3n) is 3.17. The largest absolute Gasteiger partial charge is 0.361 e. The molecule has 1 amide bonds. The smallest absolute Gasteiger partial charge is 0.256 e. The summed E-state index contributed by atoms with van der Waals surface area (Å²) in [5.41, 5.74) is 1.24. The van der Waals surface area contributed by atoms with E-state index in [4.69, 9.17) is 11.6 Å². The van der Waals surface area contributed by atoms with Crippen LogP contribution >= 0.6 is 11.6 Å². The third-order valence-corrected chi connectivity index (χ3v) is 3.42.